The SMILES string of the molecule is O=C(COc1ccc(Br)cc1)OCC1CCCO1. The molecule has 5 heteroatoms. The first kappa shape index (κ1) is 13.4. The molecule has 0 radical (unpaired) electrons. The van der Waals surface area contributed by atoms with Crippen LogP contribution in [0.1, 0.15) is 12.8 Å². The zero-order chi connectivity index (χ0) is 12.8. The minimum absolute atomic E-state index is 0.0571. The summed E-state index contributed by atoms with van der Waals surface area (Å²) in [6, 6.07) is 7.29. The van der Waals surface area contributed by atoms with E-state index in [1.807, 2.05) is 12.1 Å². The summed E-state index contributed by atoms with van der Waals surface area (Å²) in [5.41, 5.74) is 0. The van der Waals surface area contributed by atoms with Gasteiger partial charge in [0.15, 0.2) is 6.61 Å². The number of halogens is 1. The van der Waals surface area contributed by atoms with Crippen molar-refractivity contribution < 1.29 is 19.0 Å². The van der Waals surface area contributed by atoms with Crippen LogP contribution < -0.4 is 4.74 Å². The smallest absolute Gasteiger partial charge is 0.344 e. The van der Waals surface area contributed by atoms with E-state index in [1.54, 1.807) is 12.1 Å². The normalized spacial score (nSPS) is 18.6. The lowest BCUT2D eigenvalue weighted by molar-refractivity contribution is -0.149. The molecule has 1 aliphatic heterocycles. The van der Waals surface area contributed by atoms with Crippen LogP contribution in [-0.2, 0) is 14.3 Å². The molecule has 1 heterocycles. The first-order valence-corrected chi connectivity index (χ1v) is 6.69. The summed E-state index contributed by atoms with van der Waals surface area (Å²) in [5, 5.41) is 0. The lowest BCUT2D eigenvalue weighted by atomic mass is 10.2. The average Bonchev–Trinajstić information content (AvgIpc) is 2.89. The van der Waals surface area contributed by atoms with Crippen LogP contribution in [-0.4, -0.2) is 31.9 Å². The molecule has 2 rings (SSSR count). The minimum Gasteiger partial charge on any atom is -0.482 e. The van der Waals surface area contributed by atoms with Crippen LogP contribution in [0.4, 0.5) is 0 Å². The van der Waals surface area contributed by atoms with Crippen molar-refractivity contribution in [1.29, 1.82) is 0 Å². The first-order chi connectivity index (χ1) is 8.74. The van der Waals surface area contributed by atoms with Gasteiger partial charge in [0, 0.05) is 11.1 Å². The van der Waals surface area contributed by atoms with E-state index in [4.69, 9.17) is 14.2 Å². The van der Waals surface area contributed by atoms with Crippen molar-refractivity contribution in [2.45, 2.75) is 18.9 Å². The molecule has 1 fully saturated rings. The largest absolute Gasteiger partial charge is 0.482 e. The monoisotopic (exact) mass is 314 g/mol. The van der Waals surface area contributed by atoms with E-state index in [9.17, 15) is 4.79 Å². The Hall–Kier alpha value is -1.07. The van der Waals surface area contributed by atoms with Crippen molar-refractivity contribution in [3.05, 3.63) is 28.7 Å². The second-order valence-corrected chi connectivity index (χ2v) is 4.98. The Bertz CT molecular complexity index is 384. The highest BCUT2D eigenvalue weighted by Gasteiger charge is 2.17. The Labute approximate surface area is 114 Å². The molecule has 1 atom stereocenters. The maximum atomic E-state index is 11.4. The molecular formula is C13H15BrO4. The van der Waals surface area contributed by atoms with Crippen molar-refractivity contribution in [3.63, 3.8) is 0 Å². The summed E-state index contributed by atoms with van der Waals surface area (Å²) in [6.07, 6.45) is 2.06. The van der Waals surface area contributed by atoms with Gasteiger partial charge in [-0.15, -0.1) is 0 Å². The Kier molecular flexibility index (Phi) is 5.01. The van der Waals surface area contributed by atoms with Crippen molar-refractivity contribution in [1.82, 2.24) is 0 Å². The second-order valence-electron chi connectivity index (χ2n) is 4.06. The molecule has 0 bridgehead atoms. The van der Waals surface area contributed by atoms with Gasteiger partial charge in [0.1, 0.15) is 12.4 Å². The molecule has 1 aromatic rings. The van der Waals surface area contributed by atoms with E-state index in [-0.39, 0.29) is 18.7 Å². The standard InChI is InChI=1S/C13H15BrO4/c14-10-3-5-11(6-4-10)17-9-13(15)18-8-12-2-1-7-16-12/h3-6,12H,1-2,7-9H2. The van der Waals surface area contributed by atoms with Crippen molar-refractivity contribution >= 4 is 21.9 Å². The molecule has 1 unspecified atom stereocenters. The maximum absolute atomic E-state index is 11.4. The summed E-state index contributed by atoms with van der Waals surface area (Å²) in [6.45, 7) is 1.01. The van der Waals surface area contributed by atoms with Gasteiger partial charge in [0.2, 0.25) is 0 Å². The van der Waals surface area contributed by atoms with Crippen molar-refractivity contribution in [3.8, 4) is 5.75 Å². The molecule has 1 aliphatic rings. The quantitative estimate of drug-likeness (QED) is 0.783. The van der Waals surface area contributed by atoms with Crippen LogP contribution in [0.25, 0.3) is 0 Å². The molecule has 0 spiro atoms. The second kappa shape index (κ2) is 6.75. The highest BCUT2D eigenvalue weighted by atomic mass is 79.9. The van der Waals surface area contributed by atoms with Crippen LogP contribution in [0.15, 0.2) is 28.7 Å². The number of ether oxygens (including phenoxy) is 3. The molecule has 1 saturated heterocycles. The van der Waals surface area contributed by atoms with E-state index < -0.39 is 0 Å². The first-order valence-electron chi connectivity index (χ1n) is 5.89. The van der Waals surface area contributed by atoms with Gasteiger partial charge in [-0.1, -0.05) is 15.9 Å². The predicted octanol–water partition coefficient (Wildman–Crippen LogP) is 2.55. The zero-order valence-corrected chi connectivity index (χ0v) is 11.5. The molecule has 98 valence electrons. The van der Waals surface area contributed by atoms with Gasteiger partial charge in [-0.3, -0.25) is 0 Å². The third kappa shape index (κ3) is 4.31. The van der Waals surface area contributed by atoms with Gasteiger partial charge >= 0.3 is 5.97 Å². The highest BCUT2D eigenvalue weighted by molar-refractivity contribution is 9.10. The van der Waals surface area contributed by atoms with Crippen molar-refractivity contribution in [2.75, 3.05) is 19.8 Å². The van der Waals surface area contributed by atoms with E-state index >= 15 is 0 Å². The number of carbonyl (C=O) groups is 1. The van der Waals surface area contributed by atoms with E-state index in [0.29, 0.717) is 12.4 Å². The zero-order valence-electron chi connectivity index (χ0n) is 9.93. The number of benzene rings is 1. The average molecular weight is 315 g/mol. The molecule has 4 nitrogen and oxygen atoms in total. The summed E-state index contributed by atoms with van der Waals surface area (Å²) < 4.78 is 16.7. The van der Waals surface area contributed by atoms with Gasteiger partial charge in [-0.2, -0.15) is 0 Å². The molecule has 18 heavy (non-hydrogen) atoms. The topological polar surface area (TPSA) is 44.8 Å². The van der Waals surface area contributed by atoms with Crippen LogP contribution in [0.5, 0.6) is 5.75 Å². The van der Waals surface area contributed by atoms with Crippen LogP contribution in [0.2, 0.25) is 0 Å². The Balaban J connectivity index is 1.66. The van der Waals surface area contributed by atoms with Crippen LogP contribution in [0, 0.1) is 0 Å². The van der Waals surface area contributed by atoms with Crippen LogP contribution in [0.3, 0.4) is 0 Å². The molecule has 0 amide bonds. The van der Waals surface area contributed by atoms with Gasteiger partial charge in [-0.25, -0.2) is 4.79 Å². The maximum Gasteiger partial charge on any atom is 0.344 e. The Morgan fingerprint density at radius 2 is 2.17 bits per heavy atom. The Morgan fingerprint density at radius 3 is 2.83 bits per heavy atom. The fourth-order valence-corrected chi connectivity index (χ4v) is 1.94. The van der Waals surface area contributed by atoms with Crippen molar-refractivity contribution in [2.24, 2.45) is 0 Å². The molecule has 0 aromatic heterocycles. The third-order valence-electron chi connectivity index (χ3n) is 2.62. The molecule has 0 N–H and O–H groups in total. The number of carbonyl (C=O) groups excluding carboxylic acids is 1. The van der Waals surface area contributed by atoms with E-state index in [2.05, 4.69) is 15.9 Å². The summed E-state index contributed by atoms with van der Waals surface area (Å²) in [4.78, 5) is 11.4. The fourth-order valence-electron chi connectivity index (χ4n) is 1.68. The Morgan fingerprint density at radius 1 is 1.39 bits per heavy atom. The number of esters is 1. The van der Waals surface area contributed by atoms with Gasteiger partial charge in [0.25, 0.3) is 0 Å². The molecular weight excluding hydrogens is 300 g/mol. The lowest BCUT2D eigenvalue weighted by Gasteiger charge is -2.10. The predicted molar refractivity (Wildman–Crippen MR) is 69.6 cm³/mol. The molecule has 0 saturated carbocycles. The van der Waals surface area contributed by atoms with Gasteiger partial charge in [0.05, 0.1) is 6.10 Å². The summed E-state index contributed by atoms with van der Waals surface area (Å²) >= 11 is 3.33. The fraction of sp³-hybridized carbons (Fsp3) is 0.462. The number of hydrogen-bond donors (Lipinski definition) is 0. The summed E-state index contributed by atoms with van der Waals surface area (Å²) in [7, 11) is 0. The van der Waals surface area contributed by atoms with Gasteiger partial charge < -0.3 is 14.2 Å². The highest BCUT2D eigenvalue weighted by Crippen LogP contribution is 2.16. The minimum atomic E-state index is -0.367. The molecule has 1 aromatic carbocycles. The van der Waals surface area contributed by atoms with E-state index in [1.165, 1.54) is 0 Å². The third-order valence-corrected chi connectivity index (χ3v) is 3.15. The van der Waals surface area contributed by atoms with Crippen LogP contribution >= 0.6 is 15.9 Å². The summed E-state index contributed by atoms with van der Waals surface area (Å²) in [5.74, 6) is 0.278. The lowest BCUT2D eigenvalue weighted by Crippen LogP contribution is -2.21. The van der Waals surface area contributed by atoms with E-state index in [0.717, 1.165) is 23.9 Å². The number of hydrogen-bond acceptors (Lipinski definition) is 4. The number of rotatable bonds is 5. The molecule has 0 aliphatic carbocycles. The van der Waals surface area contributed by atoms with Gasteiger partial charge in [-0.05, 0) is 37.1 Å².